The minimum Gasteiger partial charge on any atom is -0.507 e. The summed E-state index contributed by atoms with van der Waals surface area (Å²) in [7, 11) is 0. The number of fused-ring (bicyclic) bond motifs is 1. The topological polar surface area (TPSA) is 94.2 Å². The molecule has 3 aromatic carbocycles. The Kier molecular flexibility index (Phi) is 6.14. The van der Waals surface area contributed by atoms with Gasteiger partial charge in [0.25, 0.3) is 5.91 Å². The third-order valence-electron chi connectivity index (χ3n) is 5.15. The van der Waals surface area contributed by atoms with Crippen LogP contribution in [0.15, 0.2) is 72.8 Å². The van der Waals surface area contributed by atoms with Crippen LogP contribution in [0.3, 0.4) is 0 Å². The number of hydrogen-bond donors (Lipinski definition) is 4. The molecule has 0 spiro atoms. The zero-order valence-electron chi connectivity index (χ0n) is 17.4. The zero-order valence-corrected chi connectivity index (χ0v) is 18.1. The fourth-order valence-corrected chi connectivity index (χ4v) is 3.64. The van der Waals surface area contributed by atoms with Crippen LogP contribution in [0.5, 0.6) is 5.75 Å². The smallest absolute Gasteiger partial charge is 0.255 e. The SMILES string of the molecule is Cc1ccc(NC(=O)[C@@H](Cc2cc3ccccc3[nH]2)NC(=O)c2cc(Cl)ccc2O)cc1. The average molecular weight is 448 g/mol. The van der Waals surface area contributed by atoms with Gasteiger partial charge < -0.3 is 20.7 Å². The lowest BCUT2D eigenvalue weighted by Crippen LogP contribution is -2.45. The fraction of sp³-hybridized carbons (Fsp3) is 0.120. The predicted octanol–water partition coefficient (Wildman–Crippen LogP) is 4.82. The maximum absolute atomic E-state index is 13.1. The van der Waals surface area contributed by atoms with E-state index in [1.165, 1.54) is 18.2 Å². The van der Waals surface area contributed by atoms with Crippen LogP contribution in [-0.2, 0) is 11.2 Å². The maximum atomic E-state index is 13.1. The van der Waals surface area contributed by atoms with E-state index in [4.69, 9.17) is 11.6 Å². The van der Waals surface area contributed by atoms with E-state index >= 15 is 0 Å². The number of halogens is 1. The van der Waals surface area contributed by atoms with Gasteiger partial charge >= 0.3 is 0 Å². The van der Waals surface area contributed by atoms with E-state index in [0.29, 0.717) is 10.7 Å². The lowest BCUT2D eigenvalue weighted by molar-refractivity contribution is -0.118. The minimum atomic E-state index is -0.893. The largest absolute Gasteiger partial charge is 0.507 e. The fourth-order valence-electron chi connectivity index (χ4n) is 3.47. The molecule has 4 rings (SSSR count). The van der Waals surface area contributed by atoms with Gasteiger partial charge in [-0.05, 0) is 54.8 Å². The summed E-state index contributed by atoms with van der Waals surface area (Å²) in [4.78, 5) is 29.3. The number of rotatable bonds is 6. The Bertz CT molecular complexity index is 1250. The van der Waals surface area contributed by atoms with Crippen molar-refractivity contribution in [3.8, 4) is 5.75 Å². The van der Waals surface area contributed by atoms with Crippen LogP contribution in [0.2, 0.25) is 5.02 Å². The summed E-state index contributed by atoms with van der Waals surface area (Å²) in [6, 6.07) is 20.4. The summed E-state index contributed by atoms with van der Waals surface area (Å²) in [5, 5.41) is 17.0. The van der Waals surface area contributed by atoms with E-state index in [1.807, 2.05) is 49.4 Å². The molecular weight excluding hydrogens is 426 g/mol. The molecule has 0 bridgehead atoms. The van der Waals surface area contributed by atoms with Crippen LogP contribution < -0.4 is 10.6 Å². The molecule has 0 fully saturated rings. The molecule has 1 aromatic heterocycles. The van der Waals surface area contributed by atoms with E-state index in [-0.39, 0.29) is 23.6 Å². The molecule has 4 N–H and O–H groups in total. The number of aromatic amines is 1. The molecule has 7 heteroatoms. The third kappa shape index (κ3) is 4.92. The number of carbonyl (C=O) groups is 2. The van der Waals surface area contributed by atoms with Crippen molar-refractivity contribution < 1.29 is 14.7 Å². The second-order valence-electron chi connectivity index (χ2n) is 7.63. The Morgan fingerprint density at radius 3 is 2.53 bits per heavy atom. The van der Waals surface area contributed by atoms with Gasteiger partial charge in [0.2, 0.25) is 5.91 Å². The van der Waals surface area contributed by atoms with Gasteiger partial charge in [-0.3, -0.25) is 9.59 Å². The van der Waals surface area contributed by atoms with Gasteiger partial charge in [0, 0.05) is 28.3 Å². The number of phenolic OH excluding ortho intramolecular Hbond substituents is 1. The van der Waals surface area contributed by atoms with Crippen molar-refractivity contribution in [2.45, 2.75) is 19.4 Å². The van der Waals surface area contributed by atoms with Crippen LogP contribution >= 0.6 is 11.6 Å². The molecule has 1 heterocycles. The van der Waals surface area contributed by atoms with Gasteiger partial charge in [0.05, 0.1) is 5.56 Å². The van der Waals surface area contributed by atoms with Crippen LogP contribution in [0.4, 0.5) is 5.69 Å². The van der Waals surface area contributed by atoms with Crippen molar-refractivity contribution in [1.29, 1.82) is 0 Å². The molecular formula is C25H22ClN3O3. The van der Waals surface area contributed by atoms with Crippen molar-refractivity contribution in [1.82, 2.24) is 10.3 Å². The van der Waals surface area contributed by atoms with Crippen molar-refractivity contribution in [2.75, 3.05) is 5.32 Å². The first kappa shape index (κ1) is 21.5. The number of aromatic nitrogens is 1. The Balaban J connectivity index is 1.60. The average Bonchev–Trinajstić information content (AvgIpc) is 3.19. The summed E-state index contributed by atoms with van der Waals surface area (Å²) in [6.07, 6.45) is 0.236. The molecule has 32 heavy (non-hydrogen) atoms. The second kappa shape index (κ2) is 9.16. The number of phenols is 1. The van der Waals surface area contributed by atoms with E-state index in [2.05, 4.69) is 15.6 Å². The number of aromatic hydroxyl groups is 1. The molecule has 0 saturated heterocycles. The van der Waals surface area contributed by atoms with Gasteiger partial charge in [-0.15, -0.1) is 0 Å². The summed E-state index contributed by atoms with van der Waals surface area (Å²) >= 11 is 5.98. The first-order valence-electron chi connectivity index (χ1n) is 10.1. The summed E-state index contributed by atoms with van der Waals surface area (Å²) in [5.74, 6) is -1.18. The predicted molar refractivity (Wildman–Crippen MR) is 126 cm³/mol. The van der Waals surface area contributed by atoms with Gasteiger partial charge in [0.1, 0.15) is 11.8 Å². The van der Waals surface area contributed by atoms with Crippen LogP contribution in [-0.4, -0.2) is 27.9 Å². The Hall–Kier alpha value is -3.77. The van der Waals surface area contributed by atoms with Gasteiger partial charge in [-0.2, -0.15) is 0 Å². The molecule has 1 atom stereocenters. The van der Waals surface area contributed by atoms with Gasteiger partial charge in [0.15, 0.2) is 0 Å². The molecule has 0 unspecified atom stereocenters. The van der Waals surface area contributed by atoms with E-state index < -0.39 is 11.9 Å². The highest BCUT2D eigenvalue weighted by atomic mass is 35.5. The van der Waals surface area contributed by atoms with Crippen molar-refractivity contribution in [3.63, 3.8) is 0 Å². The molecule has 6 nitrogen and oxygen atoms in total. The van der Waals surface area contributed by atoms with E-state index in [9.17, 15) is 14.7 Å². The van der Waals surface area contributed by atoms with Crippen LogP contribution in [0.25, 0.3) is 10.9 Å². The molecule has 0 aliphatic heterocycles. The monoisotopic (exact) mass is 447 g/mol. The lowest BCUT2D eigenvalue weighted by atomic mass is 10.1. The van der Waals surface area contributed by atoms with Crippen molar-refractivity contribution >= 4 is 40.0 Å². The zero-order chi connectivity index (χ0) is 22.7. The number of para-hydroxylation sites is 1. The highest BCUT2D eigenvalue weighted by molar-refractivity contribution is 6.31. The number of anilines is 1. The van der Waals surface area contributed by atoms with E-state index in [1.54, 1.807) is 12.1 Å². The first-order valence-corrected chi connectivity index (χ1v) is 10.5. The number of nitrogens with one attached hydrogen (secondary N) is 3. The molecule has 0 aliphatic carbocycles. The van der Waals surface area contributed by atoms with Crippen LogP contribution in [0, 0.1) is 6.92 Å². The number of carbonyl (C=O) groups excluding carboxylic acids is 2. The standard InChI is InChI=1S/C25H22ClN3O3/c1-15-6-9-18(10-7-15)28-25(32)22(14-19-12-16-4-2-3-5-21(16)27-19)29-24(31)20-13-17(26)8-11-23(20)30/h2-13,22,27,30H,14H2,1H3,(H,28,32)(H,29,31)/t22-/m1/s1. The van der Waals surface area contributed by atoms with E-state index in [0.717, 1.165) is 22.2 Å². The summed E-state index contributed by atoms with van der Waals surface area (Å²) in [5.41, 5.74) is 3.44. The summed E-state index contributed by atoms with van der Waals surface area (Å²) in [6.45, 7) is 1.96. The number of H-pyrrole nitrogens is 1. The van der Waals surface area contributed by atoms with Crippen molar-refractivity contribution in [2.24, 2.45) is 0 Å². The highest BCUT2D eigenvalue weighted by Crippen LogP contribution is 2.22. The molecule has 0 aliphatic rings. The highest BCUT2D eigenvalue weighted by Gasteiger charge is 2.24. The maximum Gasteiger partial charge on any atom is 0.255 e. The minimum absolute atomic E-state index is 0.00211. The first-order chi connectivity index (χ1) is 15.4. The number of hydrogen-bond acceptors (Lipinski definition) is 3. The lowest BCUT2D eigenvalue weighted by Gasteiger charge is -2.19. The Morgan fingerprint density at radius 2 is 1.78 bits per heavy atom. The van der Waals surface area contributed by atoms with Crippen molar-refractivity contribution in [3.05, 3.63) is 94.6 Å². The molecule has 162 valence electrons. The molecule has 0 saturated carbocycles. The number of aryl methyl sites for hydroxylation is 1. The quantitative estimate of drug-likeness (QED) is 0.341. The van der Waals surface area contributed by atoms with Gasteiger partial charge in [-0.1, -0.05) is 47.5 Å². The molecule has 0 radical (unpaired) electrons. The Labute approximate surface area is 190 Å². The van der Waals surface area contributed by atoms with Gasteiger partial charge in [-0.25, -0.2) is 0 Å². The van der Waals surface area contributed by atoms with Crippen LogP contribution in [0.1, 0.15) is 21.6 Å². The number of benzene rings is 3. The second-order valence-corrected chi connectivity index (χ2v) is 8.07. The normalized spacial score (nSPS) is 11.8. The number of amides is 2. The third-order valence-corrected chi connectivity index (χ3v) is 5.39. The molecule has 2 amide bonds. The Morgan fingerprint density at radius 1 is 1.03 bits per heavy atom. The molecule has 4 aromatic rings. The summed E-state index contributed by atoms with van der Waals surface area (Å²) < 4.78 is 0.